The molecule has 0 bridgehead atoms. The minimum atomic E-state index is 0.0382. The van der Waals surface area contributed by atoms with Crippen molar-refractivity contribution < 1.29 is 0 Å². The number of hydrogen-bond donors (Lipinski definition) is 1. The number of nitrogens with two attached hydrogens (primary N) is 1. The van der Waals surface area contributed by atoms with E-state index in [4.69, 9.17) is 10.7 Å². The van der Waals surface area contributed by atoms with Gasteiger partial charge >= 0.3 is 0 Å². The summed E-state index contributed by atoms with van der Waals surface area (Å²) in [6.45, 7) is 9.80. The Morgan fingerprint density at radius 2 is 2.00 bits per heavy atom. The van der Waals surface area contributed by atoms with Crippen LogP contribution in [0.5, 0.6) is 0 Å². The van der Waals surface area contributed by atoms with E-state index >= 15 is 0 Å². The Morgan fingerprint density at radius 1 is 1.25 bits per heavy atom. The summed E-state index contributed by atoms with van der Waals surface area (Å²) in [5.74, 6) is 1.63. The molecule has 0 aliphatic carbocycles. The lowest BCUT2D eigenvalue weighted by atomic mass is 10.1. The second kappa shape index (κ2) is 6.40. The molecule has 1 aromatic carbocycles. The van der Waals surface area contributed by atoms with Crippen molar-refractivity contribution in [2.75, 3.05) is 0 Å². The van der Waals surface area contributed by atoms with Gasteiger partial charge in [0.2, 0.25) is 0 Å². The van der Waals surface area contributed by atoms with Gasteiger partial charge in [0.15, 0.2) is 0 Å². The summed E-state index contributed by atoms with van der Waals surface area (Å²) in [6.07, 6.45) is 3.12. The van der Waals surface area contributed by atoms with Gasteiger partial charge in [-0.3, -0.25) is 0 Å². The zero-order valence-corrected chi connectivity index (χ0v) is 13.2. The third-order valence-electron chi connectivity index (χ3n) is 3.73. The van der Waals surface area contributed by atoms with E-state index in [1.54, 1.807) is 0 Å². The maximum atomic E-state index is 6.33. The Hall–Kier alpha value is -1.35. The summed E-state index contributed by atoms with van der Waals surface area (Å²) < 4.78 is 2.32. The van der Waals surface area contributed by atoms with E-state index in [1.807, 2.05) is 0 Å². The number of fused-ring (bicyclic) bond motifs is 1. The van der Waals surface area contributed by atoms with Gasteiger partial charge in [-0.05, 0) is 36.5 Å². The third kappa shape index (κ3) is 3.04. The van der Waals surface area contributed by atoms with Crippen molar-refractivity contribution in [2.24, 2.45) is 11.7 Å². The standard InChI is InChI=1S/C17H27N3/c1-5-7-14(18)17-19-15-10-13(6-2)8-9-16(15)20(17)11-12(3)4/h8-10,12,14H,5-7,11,18H2,1-4H3. The Labute approximate surface area is 122 Å². The minimum Gasteiger partial charge on any atom is -0.326 e. The highest BCUT2D eigenvalue weighted by atomic mass is 15.1. The second-order valence-electron chi connectivity index (χ2n) is 6.05. The molecule has 2 aromatic rings. The van der Waals surface area contributed by atoms with E-state index in [0.717, 1.165) is 37.1 Å². The molecular weight excluding hydrogens is 246 g/mol. The van der Waals surface area contributed by atoms with Crippen LogP contribution in [0.3, 0.4) is 0 Å². The van der Waals surface area contributed by atoms with Crippen molar-refractivity contribution >= 4 is 11.0 Å². The summed E-state index contributed by atoms with van der Waals surface area (Å²) in [4.78, 5) is 4.83. The second-order valence-corrected chi connectivity index (χ2v) is 6.05. The summed E-state index contributed by atoms with van der Waals surface area (Å²) in [6, 6.07) is 6.65. The van der Waals surface area contributed by atoms with Crippen LogP contribution in [0.2, 0.25) is 0 Å². The van der Waals surface area contributed by atoms with E-state index < -0.39 is 0 Å². The number of imidazole rings is 1. The quantitative estimate of drug-likeness (QED) is 0.862. The first-order valence-electron chi connectivity index (χ1n) is 7.81. The van der Waals surface area contributed by atoms with Gasteiger partial charge in [0.05, 0.1) is 17.1 Å². The molecular formula is C17H27N3. The molecule has 20 heavy (non-hydrogen) atoms. The molecule has 3 heteroatoms. The Balaban J connectivity index is 2.53. The van der Waals surface area contributed by atoms with Crippen molar-refractivity contribution in [1.82, 2.24) is 9.55 Å². The molecule has 1 heterocycles. The first-order valence-corrected chi connectivity index (χ1v) is 7.81. The molecule has 1 unspecified atom stereocenters. The lowest BCUT2D eigenvalue weighted by molar-refractivity contribution is 0.487. The first kappa shape index (κ1) is 15.0. The maximum Gasteiger partial charge on any atom is 0.126 e. The number of aromatic nitrogens is 2. The molecule has 0 aliphatic heterocycles. The van der Waals surface area contributed by atoms with Gasteiger partial charge in [0.1, 0.15) is 5.82 Å². The summed E-state index contributed by atoms with van der Waals surface area (Å²) in [5, 5.41) is 0. The van der Waals surface area contributed by atoms with E-state index in [9.17, 15) is 0 Å². The first-order chi connectivity index (χ1) is 9.56. The fourth-order valence-electron chi connectivity index (χ4n) is 2.69. The van der Waals surface area contributed by atoms with Crippen LogP contribution in [0.25, 0.3) is 11.0 Å². The van der Waals surface area contributed by atoms with Crippen LogP contribution >= 0.6 is 0 Å². The molecule has 2 N–H and O–H groups in total. The zero-order valence-electron chi connectivity index (χ0n) is 13.2. The molecule has 0 saturated carbocycles. The smallest absolute Gasteiger partial charge is 0.126 e. The number of nitrogens with zero attached hydrogens (tertiary/aromatic N) is 2. The highest BCUT2D eigenvalue weighted by Gasteiger charge is 2.17. The fourth-order valence-corrected chi connectivity index (χ4v) is 2.69. The Kier molecular flexibility index (Phi) is 4.81. The molecule has 0 fully saturated rings. The van der Waals surface area contributed by atoms with Gasteiger partial charge < -0.3 is 10.3 Å². The van der Waals surface area contributed by atoms with Gasteiger partial charge in [-0.1, -0.05) is 40.2 Å². The van der Waals surface area contributed by atoms with Crippen molar-refractivity contribution in [2.45, 2.75) is 59.5 Å². The molecule has 0 radical (unpaired) electrons. The molecule has 1 aromatic heterocycles. The zero-order chi connectivity index (χ0) is 14.7. The average molecular weight is 273 g/mol. The summed E-state index contributed by atoms with van der Waals surface area (Å²) in [7, 11) is 0. The van der Waals surface area contributed by atoms with E-state index in [1.165, 1.54) is 11.1 Å². The van der Waals surface area contributed by atoms with Crippen molar-refractivity contribution in [3.05, 3.63) is 29.6 Å². The number of benzene rings is 1. The van der Waals surface area contributed by atoms with Gasteiger partial charge in [0.25, 0.3) is 0 Å². The third-order valence-corrected chi connectivity index (χ3v) is 3.73. The van der Waals surface area contributed by atoms with Crippen LogP contribution in [-0.4, -0.2) is 9.55 Å². The molecule has 3 nitrogen and oxygen atoms in total. The molecule has 2 rings (SSSR count). The Morgan fingerprint density at radius 3 is 2.60 bits per heavy atom. The van der Waals surface area contributed by atoms with Gasteiger partial charge in [-0.2, -0.15) is 0 Å². The molecule has 1 atom stereocenters. The van der Waals surface area contributed by atoms with Crippen LogP contribution in [0.15, 0.2) is 18.2 Å². The van der Waals surface area contributed by atoms with E-state index in [-0.39, 0.29) is 6.04 Å². The maximum absolute atomic E-state index is 6.33. The SMILES string of the molecule is CCCC(N)c1nc2cc(CC)ccc2n1CC(C)C. The molecule has 0 spiro atoms. The minimum absolute atomic E-state index is 0.0382. The number of rotatable bonds is 6. The van der Waals surface area contributed by atoms with Crippen LogP contribution < -0.4 is 5.73 Å². The largest absolute Gasteiger partial charge is 0.326 e. The fraction of sp³-hybridized carbons (Fsp3) is 0.588. The molecule has 0 aliphatic rings. The molecule has 0 saturated heterocycles. The van der Waals surface area contributed by atoms with Crippen molar-refractivity contribution in [3.8, 4) is 0 Å². The lowest BCUT2D eigenvalue weighted by Gasteiger charge is -2.15. The van der Waals surface area contributed by atoms with E-state index in [0.29, 0.717) is 5.92 Å². The molecule has 110 valence electrons. The highest BCUT2D eigenvalue weighted by molar-refractivity contribution is 5.77. The monoisotopic (exact) mass is 273 g/mol. The normalized spacial score (nSPS) is 13.3. The van der Waals surface area contributed by atoms with Crippen LogP contribution in [0, 0.1) is 5.92 Å². The predicted molar refractivity (Wildman–Crippen MR) is 85.8 cm³/mol. The van der Waals surface area contributed by atoms with E-state index in [2.05, 4.69) is 50.5 Å². The Bertz CT molecular complexity index is 569. The van der Waals surface area contributed by atoms with Crippen molar-refractivity contribution in [1.29, 1.82) is 0 Å². The number of hydrogen-bond acceptors (Lipinski definition) is 2. The number of aryl methyl sites for hydroxylation is 1. The highest BCUT2D eigenvalue weighted by Crippen LogP contribution is 2.24. The summed E-state index contributed by atoms with van der Waals surface area (Å²) in [5.41, 5.74) is 9.98. The molecule has 0 amide bonds. The lowest BCUT2D eigenvalue weighted by Crippen LogP contribution is -2.18. The average Bonchev–Trinajstić information content (AvgIpc) is 2.76. The van der Waals surface area contributed by atoms with Gasteiger partial charge in [-0.25, -0.2) is 4.98 Å². The predicted octanol–water partition coefficient (Wildman–Crippen LogP) is 4.05. The van der Waals surface area contributed by atoms with Crippen LogP contribution in [0.1, 0.15) is 58.0 Å². The van der Waals surface area contributed by atoms with Crippen LogP contribution in [0.4, 0.5) is 0 Å². The van der Waals surface area contributed by atoms with Crippen LogP contribution in [-0.2, 0) is 13.0 Å². The van der Waals surface area contributed by atoms with Gasteiger partial charge in [0, 0.05) is 6.54 Å². The van der Waals surface area contributed by atoms with Crippen molar-refractivity contribution in [3.63, 3.8) is 0 Å². The summed E-state index contributed by atoms with van der Waals surface area (Å²) >= 11 is 0. The van der Waals surface area contributed by atoms with Gasteiger partial charge in [-0.15, -0.1) is 0 Å². The topological polar surface area (TPSA) is 43.8 Å².